The molecule has 5 nitrogen and oxygen atoms in total. The summed E-state index contributed by atoms with van der Waals surface area (Å²) in [6, 6.07) is 10.0. The Morgan fingerprint density at radius 1 is 1.00 bits per heavy atom. The van der Waals surface area contributed by atoms with Crippen molar-refractivity contribution in [1.82, 2.24) is 0 Å². The molecule has 7 heteroatoms. The first-order valence-electron chi connectivity index (χ1n) is 13.4. The van der Waals surface area contributed by atoms with E-state index < -0.39 is 18.3 Å². The quantitative estimate of drug-likeness (QED) is 0.388. The zero-order chi connectivity index (χ0) is 26.5. The van der Waals surface area contributed by atoms with Crippen molar-refractivity contribution < 1.29 is 18.1 Å². The lowest BCUT2D eigenvalue weighted by atomic mass is 9.77. The van der Waals surface area contributed by atoms with Crippen LogP contribution in [-0.2, 0) is 9.31 Å². The number of hydrogen-bond acceptors (Lipinski definition) is 5. The van der Waals surface area contributed by atoms with Crippen LogP contribution in [0, 0.1) is 12.7 Å². The van der Waals surface area contributed by atoms with Crippen LogP contribution in [0.15, 0.2) is 45.6 Å². The molecule has 1 saturated carbocycles. The number of hydrogen-bond donors (Lipinski definition) is 1. The highest BCUT2D eigenvalue weighted by Crippen LogP contribution is 2.38. The van der Waals surface area contributed by atoms with Crippen LogP contribution >= 0.6 is 0 Å². The van der Waals surface area contributed by atoms with Gasteiger partial charge >= 0.3 is 7.12 Å². The third kappa shape index (κ3) is 4.96. The van der Waals surface area contributed by atoms with Crippen molar-refractivity contribution >= 4 is 29.2 Å². The summed E-state index contributed by atoms with van der Waals surface area (Å²) in [7, 11) is -0.708. The van der Waals surface area contributed by atoms with Gasteiger partial charge in [-0.2, -0.15) is 0 Å². The number of rotatable bonds is 5. The van der Waals surface area contributed by atoms with Gasteiger partial charge in [-0.15, -0.1) is 0 Å². The van der Waals surface area contributed by atoms with Crippen LogP contribution in [0.2, 0.25) is 0 Å². The fraction of sp³-hybridized carbons (Fsp3) is 0.500. The fourth-order valence-corrected chi connectivity index (χ4v) is 5.50. The molecule has 2 fully saturated rings. The highest BCUT2D eigenvalue weighted by molar-refractivity contribution is 6.64. The van der Waals surface area contributed by atoms with Gasteiger partial charge in [-0.05, 0) is 84.2 Å². The van der Waals surface area contributed by atoms with E-state index in [-0.39, 0.29) is 23.2 Å². The number of halogens is 1. The lowest BCUT2D eigenvalue weighted by molar-refractivity contribution is 0.00578. The maximum absolute atomic E-state index is 14.4. The van der Waals surface area contributed by atoms with Crippen molar-refractivity contribution in [3.8, 4) is 0 Å². The Kier molecular flexibility index (Phi) is 6.74. The van der Waals surface area contributed by atoms with Gasteiger partial charge in [-0.1, -0.05) is 25.3 Å². The Balaban J connectivity index is 1.53. The zero-order valence-corrected chi connectivity index (χ0v) is 22.7. The van der Waals surface area contributed by atoms with E-state index in [1.165, 1.54) is 18.6 Å². The first kappa shape index (κ1) is 26.0. The normalized spacial score (nSPS) is 20.4. The van der Waals surface area contributed by atoms with E-state index >= 15 is 0 Å². The predicted molar refractivity (Wildman–Crippen MR) is 147 cm³/mol. The van der Waals surface area contributed by atoms with Gasteiger partial charge in [0, 0.05) is 28.7 Å². The molecule has 2 aliphatic rings. The summed E-state index contributed by atoms with van der Waals surface area (Å²) in [4.78, 5) is 13.2. The average molecular weight is 505 g/mol. The van der Waals surface area contributed by atoms with E-state index in [4.69, 9.17) is 13.7 Å². The molecule has 1 unspecified atom stereocenters. The van der Waals surface area contributed by atoms with Gasteiger partial charge in [0.05, 0.1) is 22.6 Å². The fourth-order valence-electron chi connectivity index (χ4n) is 5.50. The predicted octanol–water partition coefficient (Wildman–Crippen LogP) is 6.76. The molecule has 196 valence electrons. The largest absolute Gasteiger partial charge is 0.497 e. The summed E-state index contributed by atoms with van der Waals surface area (Å²) in [5.74, 6) is 0.719. The van der Waals surface area contributed by atoms with Crippen molar-refractivity contribution in [1.29, 1.82) is 0 Å². The highest BCUT2D eigenvalue weighted by Gasteiger charge is 2.52. The maximum atomic E-state index is 14.4. The Labute approximate surface area is 218 Å². The van der Waals surface area contributed by atoms with Crippen LogP contribution in [0.5, 0.6) is 0 Å². The van der Waals surface area contributed by atoms with Gasteiger partial charge < -0.3 is 19.0 Å². The van der Waals surface area contributed by atoms with Crippen LogP contribution in [0.3, 0.4) is 0 Å². The number of fused-ring (bicyclic) bond motifs is 1. The molecule has 2 heterocycles. The summed E-state index contributed by atoms with van der Waals surface area (Å²) in [5, 5.41) is 4.13. The monoisotopic (exact) mass is 505 g/mol. The third-order valence-electron chi connectivity index (χ3n) is 8.39. The summed E-state index contributed by atoms with van der Waals surface area (Å²) in [6.45, 7) is 11.9. The molecule has 5 rings (SSSR count). The average Bonchev–Trinajstić information content (AvgIpc) is 3.07. The molecule has 1 saturated heterocycles. The smallest absolute Gasteiger partial charge is 0.460 e. The van der Waals surface area contributed by atoms with E-state index in [1.807, 2.05) is 47.6 Å². The molecule has 0 amide bonds. The molecule has 1 aliphatic heterocycles. The van der Waals surface area contributed by atoms with Crippen LogP contribution in [-0.4, -0.2) is 18.3 Å². The third-order valence-corrected chi connectivity index (χ3v) is 8.39. The molecule has 1 aliphatic carbocycles. The molecular weight excluding hydrogens is 468 g/mol. The van der Waals surface area contributed by atoms with E-state index in [1.54, 1.807) is 12.1 Å². The molecule has 0 radical (unpaired) electrons. The van der Waals surface area contributed by atoms with Gasteiger partial charge in [0.1, 0.15) is 17.2 Å². The number of aryl methyl sites for hydroxylation is 1. The second-order valence-corrected chi connectivity index (χ2v) is 11.8. The van der Waals surface area contributed by atoms with Gasteiger partial charge in [0.25, 0.3) is 0 Å². The second-order valence-electron chi connectivity index (χ2n) is 11.8. The number of benzene rings is 2. The Morgan fingerprint density at radius 3 is 2.35 bits per heavy atom. The van der Waals surface area contributed by atoms with E-state index in [0.717, 1.165) is 42.6 Å². The molecule has 1 N–H and O–H groups in total. The minimum absolute atomic E-state index is 0.00124. The molecular formula is C30H37BFNO4. The second kappa shape index (κ2) is 9.59. The first-order chi connectivity index (χ1) is 17.4. The number of nitrogens with one attached hydrogen (secondary N) is 1. The SMILES string of the molecule is Cc1cc(C(C)Nc2ccc(F)cc2B2OC(C)(C)C(C)(C)O2)c2oc(C3CCCCC3)cc(=O)c2c1. The lowest BCUT2D eigenvalue weighted by Gasteiger charge is -2.32. The highest BCUT2D eigenvalue weighted by atomic mass is 19.1. The van der Waals surface area contributed by atoms with Crippen LogP contribution in [0.25, 0.3) is 11.0 Å². The summed E-state index contributed by atoms with van der Waals surface area (Å²) in [5.41, 5.74) is 2.74. The van der Waals surface area contributed by atoms with Gasteiger partial charge in [-0.3, -0.25) is 4.79 Å². The molecule has 0 spiro atoms. The van der Waals surface area contributed by atoms with Crippen molar-refractivity contribution in [2.45, 2.75) is 96.8 Å². The molecule has 37 heavy (non-hydrogen) atoms. The van der Waals surface area contributed by atoms with Crippen LogP contribution in [0.4, 0.5) is 10.1 Å². The summed E-state index contributed by atoms with van der Waals surface area (Å²) < 4.78 is 33.3. The summed E-state index contributed by atoms with van der Waals surface area (Å²) in [6.07, 6.45) is 5.67. The van der Waals surface area contributed by atoms with Crippen molar-refractivity contribution in [2.75, 3.05) is 5.32 Å². The standard InChI is InChI=1S/C30H37BFNO4/c1-18-14-22(28-23(15-18)26(34)17-27(35-28)20-10-8-7-9-11-20)19(2)33-25-13-12-21(32)16-24(25)31-36-29(3,4)30(5,6)37-31/h12-17,19-20,33H,7-11H2,1-6H3. The molecule has 3 aromatic rings. The van der Waals surface area contributed by atoms with E-state index in [9.17, 15) is 9.18 Å². The topological polar surface area (TPSA) is 60.7 Å². The molecule has 1 aromatic heterocycles. The Hall–Kier alpha value is -2.64. The van der Waals surface area contributed by atoms with E-state index in [2.05, 4.69) is 11.4 Å². The Morgan fingerprint density at radius 2 is 1.68 bits per heavy atom. The minimum Gasteiger partial charge on any atom is -0.460 e. The van der Waals surface area contributed by atoms with E-state index in [0.29, 0.717) is 22.1 Å². The minimum atomic E-state index is -0.708. The van der Waals surface area contributed by atoms with Crippen molar-refractivity contribution in [2.24, 2.45) is 0 Å². The van der Waals surface area contributed by atoms with Crippen LogP contribution in [0.1, 0.15) is 95.6 Å². The Bertz CT molecular complexity index is 1360. The van der Waals surface area contributed by atoms with Crippen LogP contribution < -0.4 is 16.2 Å². The molecule has 2 aromatic carbocycles. The van der Waals surface area contributed by atoms with Gasteiger partial charge in [0.2, 0.25) is 0 Å². The molecule has 0 bridgehead atoms. The number of anilines is 1. The van der Waals surface area contributed by atoms with Crippen molar-refractivity contribution in [3.63, 3.8) is 0 Å². The van der Waals surface area contributed by atoms with Gasteiger partial charge in [0.15, 0.2) is 5.43 Å². The molecule has 1 atom stereocenters. The first-order valence-corrected chi connectivity index (χ1v) is 13.4. The zero-order valence-electron chi connectivity index (χ0n) is 22.7. The van der Waals surface area contributed by atoms with Crippen molar-refractivity contribution in [3.05, 3.63) is 69.3 Å². The summed E-state index contributed by atoms with van der Waals surface area (Å²) >= 11 is 0. The maximum Gasteiger partial charge on any atom is 0.497 e. The van der Waals surface area contributed by atoms with Gasteiger partial charge in [-0.25, -0.2) is 4.39 Å². The lowest BCUT2D eigenvalue weighted by Crippen LogP contribution is -2.41.